The lowest BCUT2D eigenvalue weighted by Crippen LogP contribution is -2.32. The van der Waals surface area contributed by atoms with Crippen LogP contribution in [0.15, 0.2) is 29.8 Å². The maximum Gasteiger partial charge on any atom is 0.126 e. The Morgan fingerprint density at radius 1 is 1.43 bits per heavy atom. The summed E-state index contributed by atoms with van der Waals surface area (Å²) < 4.78 is 0. The second-order valence-corrected chi connectivity index (χ2v) is 6.67. The highest BCUT2D eigenvalue weighted by atomic mass is 32.1. The average molecular weight is 301 g/mol. The zero-order valence-electron chi connectivity index (χ0n) is 12.8. The van der Waals surface area contributed by atoms with Gasteiger partial charge in [0.15, 0.2) is 0 Å². The van der Waals surface area contributed by atoms with Crippen LogP contribution < -0.4 is 5.32 Å². The van der Waals surface area contributed by atoms with Crippen molar-refractivity contribution in [3.8, 4) is 0 Å². The Morgan fingerprint density at radius 2 is 2.33 bits per heavy atom. The van der Waals surface area contributed by atoms with Crippen molar-refractivity contribution in [2.24, 2.45) is 0 Å². The molecule has 1 aliphatic heterocycles. The molecule has 0 aromatic carbocycles. The molecular weight excluding hydrogens is 278 g/mol. The van der Waals surface area contributed by atoms with Gasteiger partial charge in [0.2, 0.25) is 0 Å². The van der Waals surface area contributed by atoms with E-state index in [-0.39, 0.29) is 0 Å². The minimum atomic E-state index is 0.514. The van der Waals surface area contributed by atoms with Gasteiger partial charge in [-0.3, -0.25) is 4.90 Å². The Bertz CT molecular complexity index is 593. The molecule has 0 spiro atoms. The first kappa shape index (κ1) is 14.5. The number of nitrogens with zero attached hydrogens (tertiary/aromatic N) is 2. The van der Waals surface area contributed by atoms with Crippen LogP contribution in [0, 0.1) is 0 Å². The van der Waals surface area contributed by atoms with Crippen LogP contribution in [-0.4, -0.2) is 23.0 Å². The maximum absolute atomic E-state index is 4.39. The van der Waals surface area contributed by atoms with Crippen LogP contribution >= 0.6 is 11.3 Å². The molecule has 0 aliphatic carbocycles. The van der Waals surface area contributed by atoms with Crippen molar-refractivity contribution >= 4 is 17.2 Å². The number of hydrogen-bond acceptors (Lipinski definition) is 4. The number of rotatable bonds is 5. The van der Waals surface area contributed by atoms with Gasteiger partial charge in [0, 0.05) is 36.8 Å². The van der Waals surface area contributed by atoms with E-state index < -0.39 is 0 Å². The molecule has 1 N–H and O–H groups in total. The molecule has 3 nitrogen and oxygen atoms in total. The number of pyridine rings is 1. The third-order valence-corrected chi connectivity index (χ3v) is 5.17. The summed E-state index contributed by atoms with van der Waals surface area (Å²) >= 11 is 1.90. The third-order valence-electron chi connectivity index (χ3n) is 4.17. The van der Waals surface area contributed by atoms with Gasteiger partial charge in [-0.25, -0.2) is 4.98 Å². The fourth-order valence-corrected chi connectivity index (χ4v) is 3.90. The highest BCUT2D eigenvalue weighted by Gasteiger charge is 2.24. The van der Waals surface area contributed by atoms with Crippen LogP contribution in [0.3, 0.4) is 0 Å². The molecule has 21 heavy (non-hydrogen) atoms. The number of fused-ring (bicyclic) bond motifs is 1. The fraction of sp³-hybridized carbons (Fsp3) is 0.471. The summed E-state index contributed by atoms with van der Waals surface area (Å²) in [4.78, 5) is 8.52. The van der Waals surface area contributed by atoms with Crippen molar-refractivity contribution < 1.29 is 0 Å². The number of aromatic nitrogens is 1. The molecule has 2 aromatic heterocycles. The smallest absolute Gasteiger partial charge is 0.126 e. The molecule has 3 heterocycles. The molecule has 0 radical (unpaired) electrons. The van der Waals surface area contributed by atoms with E-state index >= 15 is 0 Å². The van der Waals surface area contributed by atoms with Crippen molar-refractivity contribution in [2.75, 3.05) is 18.4 Å². The Morgan fingerprint density at radius 3 is 3.19 bits per heavy atom. The first-order valence-corrected chi connectivity index (χ1v) is 8.65. The number of hydrogen-bond donors (Lipinski definition) is 1. The van der Waals surface area contributed by atoms with E-state index in [2.05, 4.69) is 52.6 Å². The monoisotopic (exact) mass is 301 g/mol. The van der Waals surface area contributed by atoms with E-state index in [1.54, 1.807) is 4.88 Å². The van der Waals surface area contributed by atoms with Crippen LogP contribution in [0.4, 0.5) is 5.82 Å². The lowest BCUT2D eigenvalue weighted by Gasteiger charge is -2.33. The molecular formula is C17H23N3S. The van der Waals surface area contributed by atoms with E-state index in [1.807, 2.05) is 17.5 Å². The molecule has 0 bridgehead atoms. The van der Waals surface area contributed by atoms with E-state index in [4.69, 9.17) is 0 Å². The lowest BCUT2D eigenvalue weighted by molar-refractivity contribution is 0.191. The predicted octanol–water partition coefficient (Wildman–Crippen LogP) is 4.08. The predicted molar refractivity (Wildman–Crippen MR) is 89.9 cm³/mol. The van der Waals surface area contributed by atoms with Gasteiger partial charge in [-0.15, -0.1) is 11.3 Å². The third kappa shape index (κ3) is 3.27. The highest BCUT2D eigenvalue weighted by Crippen LogP contribution is 2.33. The van der Waals surface area contributed by atoms with Crippen molar-refractivity contribution in [3.05, 3.63) is 45.8 Å². The van der Waals surface area contributed by atoms with Gasteiger partial charge in [-0.2, -0.15) is 0 Å². The second kappa shape index (κ2) is 6.58. The van der Waals surface area contributed by atoms with E-state index in [0.29, 0.717) is 6.04 Å². The van der Waals surface area contributed by atoms with Crippen LogP contribution in [0.5, 0.6) is 0 Å². The Balaban J connectivity index is 1.69. The topological polar surface area (TPSA) is 28.2 Å². The normalized spacial score (nSPS) is 18.5. The highest BCUT2D eigenvalue weighted by molar-refractivity contribution is 7.10. The minimum Gasteiger partial charge on any atom is -0.370 e. The van der Waals surface area contributed by atoms with Crippen LogP contribution in [0.2, 0.25) is 0 Å². The molecule has 0 saturated heterocycles. The fourth-order valence-electron chi connectivity index (χ4n) is 2.93. The molecule has 0 fully saturated rings. The van der Waals surface area contributed by atoms with Crippen LogP contribution in [0.25, 0.3) is 0 Å². The summed E-state index contributed by atoms with van der Waals surface area (Å²) in [6.45, 7) is 7.62. The molecule has 1 aliphatic rings. The van der Waals surface area contributed by atoms with Gasteiger partial charge >= 0.3 is 0 Å². The van der Waals surface area contributed by atoms with Gasteiger partial charge in [-0.05, 0) is 54.5 Å². The molecule has 3 rings (SSSR count). The summed E-state index contributed by atoms with van der Waals surface area (Å²) in [5.41, 5.74) is 2.86. The maximum atomic E-state index is 4.39. The summed E-state index contributed by atoms with van der Waals surface area (Å²) in [5.74, 6) is 0.996. The van der Waals surface area contributed by atoms with Crippen LogP contribution in [0.1, 0.15) is 42.3 Å². The van der Waals surface area contributed by atoms with E-state index in [9.17, 15) is 0 Å². The first-order chi connectivity index (χ1) is 10.3. The van der Waals surface area contributed by atoms with Crippen molar-refractivity contribution in [2.45, 2.75) is 39.3 Å². The van der Waals surface area contributed by atoms with Gasteiger partial charge in [0.1, 0.15) is 5.82 Å². The molecule has 112 valence electrons. The zero-order valence-corrected chi connectivity index (χ0v) is 13.6. The van der Waals surface area contributed by atoms with Crippen molar-refractivity contribution in [3.63, 3.8) is 0 Å². The van der Waals surface area contributed by atoms with Gasteiger partial charge in [0.25, 0.3) is 0 Å². The SMILES string of the molecule is CCCNc1cc(CN2CCc3sccc3C2C)ccn1. The van der Waals surface area contributed by atoms with Gasteiger partial charge in [0.05, 0.1) is 0 Å². The molecule has 4 heteroatoms. The summed E-state index contributed by atoms with van der Waals surface area (Å²) in [7, 11) is 0. The largest absolute Gasteiger partial charge is 0.370 e. The first-order valence-electron chi connectivity index (χ1n) is 7.77. The van der Waals surface area contributed by atoms with Gasteiger partial charge in [-0.1, -0.05) is 6.92 Å². The standard InChI is InChI=1S/C17H23N3S/c1-3-7-18-17-11-14(4-8-19-17)12-20-9-5-16-15(13(20)2)6-10-21-16/h4,6,8,10-11,13H,3,5,7,9,12H2,1-2H3,(H,18,19). The van der Waals surface area contributed by atoms with E-state index in [0.717, 1.165) is 31.9 Å². The number of nitrogens with one attached hydrogen (secondary N) is 1. The summed E-state index contributed by atoms with van der Waals surface area (Å²) in [6, 6.07) is 7.12. The Kier molecular flexibility index (Phi) is 4.56. The minimum absolute atomic E-state index is 0.514. The zero-order chi connectivity index (χ0) is 14.7. The summed E-state index contributed by atoms with van der Waals surface area (Å²) in [6.07, 6.45) is 4.22. The van der Waals surface area contributed by atoms with Crippen molar-refractivity contribution in [1.82, 2.24) is 9.88 Å². The molecule has 0 saturated carbocycles. The second-order valence-electron chi connectivity index (χ2n) is 5.67. The molecule has 2 aromatic rings. The molecule has 0 amide bonds. The Hall–Kier alpha value is -1.39. The van der Waals surface area contributed by atoms with Crippen molar-refractivity contribution in [1.29, 1.82) is 0 Å². The van der Waals surface area contributed by atoms with Gasteiger partial charge < -0.3 is 5.32 Å². The lowest BCUT2D eigenvalue weighted by atomic mass is 10.0. The molecule has 1 atom stereocenters. The number of anilines is 1. The summed E-state index contributed by atoms with van der Waals surface area (Å²) in [5, 5.41) is 5.59. The van der Waals surface area contributed by atoms with Crippen LogP contribution in [-0.2, 0) is 13.0 Å². The number of thiophene rings is 1. The molecule has 1 unspecified atom stereocenters. The van der Waals surface area contributed by atoms with E-state index in [1.165, 1.54) is 17.5 Å². The Labute approximate surface area is 131 Å². The average Bonchev–Trinajstić information content (AvgIpc) is 2.98. The quantitative estimate of drug-likeness (QED) is 0.902.